The second-order valence-corrected chi connectivity index (χ2v) is 10.2. The lowest BCUT2D eigenvalue weighted by Crippen LogP contribution is -2.35. The molecule has 0 spiro atoms. The molecule has 0 aliphatic carbocycles. The largest absolute Gasteiger partial charge is 0.493 e. The summed E-state index contributed by atoms with van der Waals surface area (Å²) in [5, 5.41) is 5.38. The van der Waals surface area contributed by atoms with Crippen LogP contribution >= 0.6 is 0 Å². The van der Waals surface area contributed by atoms with Crippen molar-refractivity contribution in [1.82, 2.24) is 19.0 Å². The van der Waals surface area contributed by atoms with Gasteiger partial charge in [-0.1, -0.05) is 0 Å². The number of aliphatic imine (C=N–C) groups is 1. The Morgan fingerprint density at radius 2 is 1.86 bits per heavy atom. The summed E-state index contributed by atoms with van der Waals surface area (Å²) in [5.74, 6) is -0.273. The molecule has 14 heteroatoms. The highest BCUT2D eigenvalue weighted by atomic mass is 16.5. The molecular weight excluding hydrogens is 558 g/mol. The van der Waals surface area contributed by atoms with Gasteiger partial charge in [0.2, 0.25) is 11.7 Å². The summed E-state index contributed by atoms with van der Waals surface area (Å²) < 4.78 is 19.1. The van der Waals surface area contributed by atoms with Gasteiger partial charge in [0, 0.05) is 51.7 Å². The quantitative estimate of drug-likeness (QED) is 0.269. The number of aryl methyl sites for hydroxylation is 2. The highest BCUT2D eigenvalue weighted by molar-refractivity contribution is 6.04. The first-order chi connectivity index (χ1) is 20.7. The number of rotatable bonds is 10. The summed E-state index contributed by atoms with van der Waals surface area (Å²) in [6.07, 6.45) is 7.29. The maximum absolute atomic E-state index is 13.0. The smallest absolute Gasteiger partial charge is 0.354 e. The fourth-order valence-electron chi connectivity index (χ4n) is 5.11. The number of fused-ring (bicyclic) bond motifs is 2. The standard InChI is InChI=1S/C29H33N7O7/c1-34-15-17(11-21(34)29(40)42-4)31-27(38)26-33-24(16-35(26)2)32-25(37)8-6-10-43-23-13-20-19(12-22(23)41-3)28(39)36-9-5-7-18(36)14-30-20/h11-16,18H,5-10H2,1-4H3,(H,31,38)(H,32,37). The van der Waals surface area contributed by atoms with E-state index in [1.807, 2.05) is 11.1 Å². The molecule has 1 unspecified atom stereocenters. The lowest BCUT2D eigenvalue weighted by atomic mass is 10.1. The molecule has 2 aliphatic rings. The summed E-state index contributed by atoms with van der Waals surface area (Å²) in [5.41, 5.74) is 1.67. The molecule has 2 N–H and O–H groups in total. The zero-order valence-corrected chi connectivity index (χ0v) is 24.4. The lowest BCUT2D eigenvalue weighted by Gasteiger charge is -2.20. The number of carbonyl (C=O) groups is 4. The summed E-state index contributed by atoms with van der Waals surface area (Å²) in [4.78, 5) is 60.8. The van der Waals surface area contributed by atoms with E-state index < -0.39 is 11.9 Å². The van der Waals surface area contributed by atoms with Crippen molar-refractivity contribution in [2.75, 3.05) is 38.0 Å². The molecule has 1 fully saturated rings. The van der Waals surface area contributed by atoms with Crippen LogP contribution in [0.15, 0.2) is 35.6 Å². The average Bonchev–Trinajstić information content (AvgIpc) is 3.69. The molecule has 0 saturated carbocycles. The van der Waals surface area contributed by atoms with Crippen molar-refractivity contribution >= 4 is 47.1 Å². The van der Waals surface area contributed by atoms with E-state index in [-0.39, 0.29) is 48.2 Å². The minimum atomic E-state index is -0.529. The molecule has 3 aromatic rings. The van der Waals surface area contributed by atoms with Gasteiger partial charge < -0.3 is 38.9 Å². The number of benzene rings is 1. The van der Waals surface area contributed by atoms with Crippen molar-refractivity contribution in [1.29, 1.82) is 0 Å². The maximum atomic E-state index is 13.0. The Bertz CT molecular complexity index is 1610. The van der Waals surface area contributed by atoms with Crippen molar-refractivity contribution in [3.05, 3.63) is 47.7 Å². The minimum absolute atomic E-state index is 0.00319. The van der Waals surface area contributed by atoms with E-state index in [2.05, 4.69) is 20.6 Å². The number of methoxy groups -OCH3 is 2. The normalized spacial score (nSPS) is 15.4. The Morgan fingerprint density at radius 3 is 2.63 bits per heavy atom. The Hall–Kier alpha value is -5.14. The number of ether oxygens (including phenoxy) is 3. The maximum Gasteiger partial charge on any atom is 0.354 e. The van der Waals surface area contributed by atoms with Crippen LogP contribution in [0.4, 0.5) is 17.2 Å². The van der Waals surface area contributed by atoms with Gasteiger partial charge >= 0.3 is 5.97 Å². The first-order valence-corrected chi connectivity index (χ1v) is 13.8. The molecule has 1 atom stereocenters. The summed E-state index contributed by atoms with van der Waals surface area (Å²) in [7, 11) is 6.07. The van der Waals surface area contributed by atoms with Crippen LogP contribution in [0.25, 0.3) is 0 Å². The molecule has 1 aromatic carbocycles. The Morgan fingerprint density at radius 1 is 1.05 bits per heavy atom. The molecule has 5 rings (SSSR count). The van der Waals surface area contributed by atoms with Crippen LogP contribution in [0.1, 0.15) is 57.1 Å². The number of carbonyl (C=O) groups excluding carboxylic acids is 4. The molecule has 2 aromatic heterocycles. The molecular formula is C29H33N7O7. The highest BCUT2D eigenvalue weighted by Gasteiger charge is 2.32. The van der Waals surface area contributed by atoms with Crippen molar-refractivity contribution in [2.45, 2.75) is 31.7 Å². The zero-order chi connectivity index (χ0) is 30.7. The summed E-state index contributed by atoms with van der Waals surface area (Å²) in [6.45, 7) is 0.924. The molecule has 2 aliphatic heterocycles. The Labute approximate surface area is 247 Å². The molecule has 226 valence electrons. The van der Waals surface area contributed by atoms with Gasteiger partial charge in [-0.05, 0) is 31.4 Å². The topological polar surface area (TPSA) is 158 Å². The fourth-order valence-corrected chi connectivity index (χ4v) is 5.11. The molecule has 14 nitrogen and oxygen atoms in total. The number of hydrogen-bond donors (Lipinski definition) is 2. The van der Waals surface area contributed by atoms with Crippen LogP contribution in [0.2, 0.25) is 0 Å². The second kappa shape index (κ2) is 12.4. The predicted molar refractivity (Wildman–Crippen MR) is 156 cm³/mol. The first kappa shape index (κ1) is 29.4. The number of aromatic nitrogens is 3. The van der Waals surface area contributed by atoms with Gasteiger partial charge in [0.05, 0.1) is 43.8 Å². The van der Waals surface area contributed by atoms with Crippen LogP contribution in [-0.4, -0.2) is 82.3 Å². The van der Waals surface area contributed by atoms with E-state index in [9.17, 15) is 19.2 Å². The SMILES string of the molecule is COC(=O)c1cc(NC(=O)c2nc(NC(=O)CCCOc3cc4c(cc3OC)C(=O)N3CCCC3C=N4)cn2C)cn1C. The van der Waals surface area contributed by atoms with Crippen molar-refractivity contribution in [2.24, 2.45) is 19.1 Å². The molecule has 0 radical (unpaired) electrons. The van der Waals surface area contributed by atoms with Crippen LogP contribution in [-0.2, 0) is 23.6 Å². The number of esters is 1. The number of nitrogens with zero attached hydrogens (tertiary/aromatic N) is 5. The van der Waals surface area contributed by atoms with E-state index >= 15 is 0 Å². The van der Waals surface area contributed by atoms with Gasteiger partial charge in [-0.25, -0.2) is 9.78 Å². The zero-order valence-electron chi connectivity index (χ0n) is 24.4. The number of amides is 3. The van der Waals surface area contributed by atoms with Crippen LogP contribution in [0.5, 0.6) is 11.5 Å². The Balaban J connectivity index is 1.14. The van der Waals surface area contributed by atoms with Crippen molar-refractivity contribution in [3.63, 3.8) is 0 Å². The third kappa shape index (κ3) is 6.22. The van der Waals surface area contributed by atoms with Crippen molar-refractivity contribution in [3.8, 4) is 11.5 Å². The minimum Gasteiger partial charge on any atom is -0.493 e. The fraction of sp³-hybridized carbons (Fsp3) is 0.379. The number of nitrogens with one attached hydrogen (secondary N) is 2. The third-order valence-corrected chi connectivity index (χ3v) is 7.27. The summed E-state index contributed by atoms with van der Waals surface area (Å²) >= 11 is 0. The van der Waals surface area contributed by atoms with Gasteiger partial charge in [-0.15, -0.1) is 0 Å². The first-order valence-electron chi connectivity index (χ1n) is 13.8. The Kier molecular flexibility index (Phi) is 8.46. The molecule has 3 amide bonds. The molecule has 43 heavy (non-hydrogen) atoms. The van der Waals surface area contributed by atoms with Gasteiger partial charge in [-0.3, -0.25) is 19.4 Å². The van der Waals surface area contributed by atoms with Crippen LogP contribution < -0.4 is 20.1 Å². The van der Waals surface area contributed by atoms with E-state index in [0.29, 0.717) is 41.4 Å². The number of anilines is 2. The highest BCUT2D eigenvalue weighted by Crippen LogP contribution is 2.38. The van der Waals surface area contributed by atoms with Gasteiger partial charge in [0.1, 0.15) is 5.69 Å². The number of imidazole rings is 1. The van der Waals surface area contributed by atoms with E-state index in [1.165, 1.54) is 35.6 Å². The van der Waals surface area contributed by atoms with Gasteiger partial charge in [-0.2, -0.15) is 0 Å². The van der Waals surface area contributed by atoms with Gasteiger partial charge in [0.15, 0.2) is 17.3 Å². The lowest BCUT2D eigenvalue weighted by molar-refractivity contribution is -0.116. The van der Waals surface area contributed by atoms with E-state index in [0.717, 1.165) is 12.8 Å². The molecule has 1 saturated heterocycles. The average molecular weight is 592 g/mol. The van der Waals surface area contributed by atoms with E-state index in [1.54, 1.807) is 32.4 Å². The van der Waals surface area contributed by atoms with Crippen molar-refractivity contribution < 1.29 is 33.4 Å². The molecule has 4 heterocycles. The monoisotopic (exact) mass is 591 g/mol. The number of hydrogen-bond acceptors (Lipinski definition) is 9. The van der Waals surface area contributed by atoms with Crippen LogP contribution in [0.3, 0.4) is 0 Å². The second-order valence-electron chi connectivity index (χ2n) is 10.2. The third-order valence-electron chi connectivity index (χ3n) is 7.27. The summed E-state index contributed by atoms with van der Waals surface area (Å²) in [6, 6.07) is 4.84. The molecule has 0 bridgehead atoms. The predicted octanol–water partition coefficient (Wildman–Crippen LogP) is 2.92. The van der Waals surface area contributed by atoms with E-state index in [4.69, 9.17) is 14.2 Å². The van der Waals surface area contributed by atoms with Gasteiger partial charge in [0.25, 0.3) is 11.8 Å². The van der Waals surface area contributed by atoms with Crippen LogP contribution in [0, 0.1) is 0 Å².